The molecule has 2 rings (SSSR count). The van der Waals surface area contributed by atoms with Crippen LogP contribution in [0.5, 0.6) is 0 Å². The molecule has 2 aromatic heterocycles. The Hall–Kier alpha value is -2.15. The average molecular weight is 320 g/mol. The lowest BCUT2D eigenvalue weighted by molar-refractivity contribution is 0.0816. The minimum Gasteiger partial charge on any atom is -0.343 e. The first-order valence-electron chi connectivity index (χ1n) is 7.01. The van der Waals surface area contributed by atoms with Crippen LogP contribution < -0.4 is 5.32 Å². The molecule has 0 radical (unpaired) electrons. The molecule has 118 valence electrons. The number of aryl methyl sites for hydroxylation is 3. The van der Waals surface area contributed by atoms with Crippen molar-refractivity contribution < 1.29 is 9.59 Å². The second-order valence-corrected chi connectivity index (χ2v) is 6.48. The minimum absolute atomic E-state index is 0.187. The van der Waals surface area contributed by atoms with Gasteiger partial charge >= 0.3 is 0 Å². The Balaban J connectivity index is 2.31. The van der Waals surface area contributed by atoms with Crippen LogP contribution >= 0.6 is 11.3 Å². The highest BCUT2D eigenvalue weighted by Crippen LogP contribution is 2.23. The molecule has 6 nitrogen and oxygen atoms in total. The van der Waals surface area contributed by atoms with Crippen LogP contribution in [0.3, 0.4) is 0 Å². The number of anilines is 1. The summed E-state index contributed by atoms with van der Waals surface area (Å²) in [4.78, 5) is 27.9. The van der Waals surface area contributed by atoms with E-state index in [1.807, 2.05) is 26.8 Å². The molecule has 0 saturated heterocycles. The van der Waals surface area contributed by atoms with Crippen LogP contribution in [0, 0.1) is 13.8 Å². The zero-order valence-corrected chi connectivity index (χ0v) is 14.2. The number of rotatable bonds is 4. The summed E-state index contributed by atoms with van der Waals surface area (Å²) < 4.78 is 1.59. The predicted molar refractivity (Wildman–Crippen MR) is 87.7 cm³/mol. The molecule has 0 spiro atoms. The van der Waals surface area contributed by atoms with Gasteiger partial charge in [0, 0.05) is 25.5 Å². The molecule has 0 aliphatic heterocycles. The Morgan fingerprint density at radius 3 is 2.55 bits per heavy atom. The first-order valence-corrected chi connectivity index (χ1v) is 7.82. The Morgan fingerprint density at radius 1 is 1.36 bits per heavy atom. The third-order valence-corrected chi connectivity index (χ3v) is 4.54. The summed E-state index contributed by atoms with van der Waals surface area (Å²) in [6.45, 7) is 6.41. The predicted octanol–water partition coefficient (Wildman–Crippen LogP) is 2.54. The van der Waals surface area contributed by atoms with E-state index in [-0.39, 0.29) is 11.8 Å². The average Bonchev–Trinajstić information content (AvgIpc) is 3.02. The summed E-state index contributed by atoms with van der Waals surface area (Å²) in [5.41, 5.74) is 1.92. The van der Waals surface area contributed by atoms with Gasteiger partial charge in [0.15, 0.2) is 0 Å². The number of nitrogens with zero attached hydrogens (tertiary/aromatic N) is 3. The van der Waals surface area contributed by atoms with Crippen LogP contribution in [-0.4, -0.2) is 40.6 Å². The molecule has 0 bridgehead atoms. The number of thiophene rings is 1. The summed E-state index contributed by atoms with van der Waals surface area (Å²) in [5, 5.41) is 6.96. The third-order valence-electron chi connectivity index (χ3n) is 3.39. The Bertz CT molecular complexity index is 696. The van der Waals surface area contributed by atoms with Crippen molar-refractivity contribution in [2.24, 2.45) is 0 Å². The molecule has 0 atom stereocenters. The monoisotopic (exact) mass is 320 g/mol. The quantitative estimate of drug-likeness (QED) is 0.941. The first-order chi connectivity index (χ1) is 10.3. The van der Waals surface area contributed by atoms with Gasteiger partial charge in [0.2, 0.25) is 0 Å². The van der Waals surface area contributed by atoms with Crippen LogP contribution in [-0.2, 0) is 6.54 Å². The van der Waals surface area contributed by atoms with Crippen molar-refractivity contribution in [3.8, 4) is 0 Å². The van der Waals surface area contributed by atoms with Gasteiger partial charge in [-0.15, -0.1) is 11.3 Å². The number of aromatic nitrogens is 2. The van der Waals surface area contributed by atoms with Gasteiger partial charge in [-0.05, 0) is 32.4 Å². The summed E-state index contributed by atoms with van der Waals surface area (Å²) in [7, 11) is 3.35. The van der Waals surface area contributed by atoms with E-state index in [2.05, 4.69) is 10.4 Å². The molecule has 0 aliphatic rings. The van der Waals surface area contributed by atoms with Gasteiger partial charge < -0.3 is 10.2 Å². The van der Waals surface area contributed by atoms with Crippen molar-refractivity contribution in [1.82, 2.24) is 14.7 Å². The van der Waals surface area contributed by atoms with Crippen LogP contribution in [0.2, 0.25) is 0 Å². The maximum Gasteiger partial charge on any atom is 0.273 e. The van der Waals surface area contributed by atoms with Gasteiger partial charge in [0.05, 0.1) is 16.8 Å². The van der Waals surface area contributed by atoms with Gasteiger partial charge in [-0.2, -0.15) is 5.10 Å². The maximum absolute atomic E-state index is 12.4. The smallest absolute Gasteiger partial charge is 0.273 e. The summed E-state index contributed by atoms with van der Waals surface area (Å²) in [5.74, 6) is -0.405. The van der Waals surface area contributed by atoms with E-state index in [0.717, 1.165) is 10.4 Å². The SMILES string of the molecule is CCn1ncc(NC(=O)c2cc(C)c(C)s2)c1C(=O)N(C)C. The highest BCUT2D eigenvalue weighted by molar-refractivity contribution is 7.14. The fourth-order valence-electron chi connectivity index (χ4n) is 2.02. The van der Waals surface area contributed by atoms with Gasteiger partial charge in [-0.25, -0.2) is 0 Å². The lowest BCUT2D eigenvalue weighted by atomic mass is 10.2. The van der Waals surface area contributed by atoms with Gasteiger partial charge in [0.25, 0.3) is 11.8 Å². The van der Waals surface area contributed by atoms with Crippen LogP contribution in [0.15, 0.2) is 12.3 Å². The molecule has 0 aliphatic carbocycles. The van der Waals surface area contributed by atoms with Crippen molar-refractivity contribution in [3.05, 3.63) is 33.3 Å². The number of nitrogens with one attached hydrogen (secondary N) is 1. The fraction of sp³-hybridized carbons (Fsp3) is 0.400. The van der Waals surface area contributed by atoms with Gasteiger partial charge in [-0.1, -0.05) is 0 Å². The van der Waals surface area contributed by atoms with E-state index < -0.39 is 0 Å². The molecule has 7 heteroatoms. The molecule has 22 heavy (non-hydrogen) atoms. The molecule has 0 fully saturated rings. The molecule has 2 amide bonds. The normalized spacial score (nSPS) is 10.6. The third kappa shape index (κ3) is 3.04. The fourth-order valence-corrected chi connectivity index (χ4v) is 2.95. The standard InChI is InChI=1S/C15H20N4O2S/c1-6-19-13(15(21)18(4)5)11(8-16-19)17-14(20)12-7-9(2)10(3)22-12/h7-8H,6H2,1-5H3,(H,17,20). The zero-order valence-electron chi connectivity index (χ0n) is 13.4. The number of carbonyl (C=O) groups excluding carboxylic acids is 2. The maximum atomic E-state index is 12.4. The van der Waals surface area contributed by atoms with E-state index in [4.69, 9.17) is 0 Å². The molecule has 0 unspecified atom stereocenters. The molecular weight excluding hydrogens is 300 g/mol. The van der Waals surface area contributed by atoms with Crippen molar-refractivity contribution in [3.63, 3.8) is 0 Å². The highest BCUT2D eigenvalue weighted by atomic mass is 32.1. The van der Waals surface area contributed by atoms with E-state index in [0.29, 0.717) is 22.8 Å². The van der Waals surface area contributed by atoms with Gasteiger partial charge in [-0.3, -0.25) is 14.3 Å². The van der Waals surface area contributed by atoms with Crippen LogP contribution in [0.25, 0.3) is 0 Å². The van der Waals surface area contributed by atoms with E-state index in [9.17, 15) is 9.59 Å². The Labute approximate surface area is 133 Å². The van der Waals surface area contributed by atoms with Crippen molar-refractivity contribution in [1.29, 1.82) is 0 Å². The van der Waals surface area contributed by atoms with Crippen LogP contribution in [0.1, 0.15) is 37.5 Å². The van der Waals surface area contributed by atoms with Gasteiger partial charge in [0.1, 0.15) is 5.69 Å². The van der Waals surface area contributed by atoms with Crippen molar-refractivity contribution in [2.75, 3.05) is 19.4 Å². The second kappa shape index (κ2) is 6.31. The van der Waals surface area contributed by atoms with E-state index in [1.165, 1.54) is 22.4 Å². The van der Waals surface area contributed by atoms with E-state index in [1.54, 1.807) is 18.8 Å². The van der Waals surface area contributed by atoms with Crippen molar-refractivity contribution in [2.45, 2.75) is 27.3 Å². The minimum atomic E-state index is -0.218. The zero-order chi connectivity index (χ0) is 16.4. The summed E-state index contributed by atoms with van der Waals surface area (Å²) in [6.07, 6.45) is 1.52. The Kier molecular flexibility index (Phi) is 4.65. The lowest BCUT2D eigenvalue weighted by Gasteiger charge is -2.13. The lowest BCUT2D eigenvalue weighted by Crippen LogP contribution is -2.26. The summed E-state index contributed by atoms with van der Waals surface area (Å²) >= 11 is 1.44. The number of carbonyl (C=O) groups is 2. The Morgan fingerprint density at radius 2 is 2.05 bits per heavy atom. The molecule has 2 heterocycles. The number of hydrogen-bond donors (Lipinski definition) is 1. The molecule has 0 aromatic carbocycles. The summed E-state index contributed by atoms with van der Waals surface area (Å²) in [6, 6.07) is 1.85. The topological polar surface area (TPSA) is 67.2 Å². The first kappa shape index (κ1) is 16.2. The number of amides is 2. The van der Waals surface area contributed by atoms with Crippen molar-refractivity contribution >= 4 is 28.8 Å². The molecule has 2 aromatic rings. The highest BCUT2D eigenvalue weighted by Gasteiger charge is 2.22. The van der Waals surface area contributed by atoms with E-state index >= 15 is 0 Å². The molecule has 0 saturated carbocycles. The molecular formula is C15H20N4O2S. The van der Waals surface area contributed by atoms with Crippen LogP contribution in [0.4, 0.5) is 5.69 Å². The number of hydrogen-bond acceptors (Lipinski definition) is 4. The second-order valence-electron chi connectivity index (χ2n) is 5.23. The molecule has 1 N–H and O–H groups in total. The largest absolute Gasteiger partial charge is 0.343 e.